The zero-order chi connectivity index (χ0) is 4.50. The van der Waals surface area contributed by atoms with Crippen LogP contribution < -0.4 is 0 Å². The molecule has 0 bridgehead atoms. The fraction of sp³-hybridized carbons (Fsp3) is 1.00. The number of rotatable bonds is 0. The van der Waals surface area contributed by atoms with Crippen LogP contribution in [0.5, 0.6) is 0 Å². The second-order valence-corrected chi connectivity index (χ2v) is 1.80. The van der Waals surface area contributed by atoms with Crippen molar-refractivity contribution in [1.29, 1.82) is 0 Å². The topological polar surface area (TPSA) is 80.9 Å². The summed E-state index contributed by atoms with van der Waals surface area (Å²) < 4.78 is 0. The minimum absolute atomic E-state index is 0. The van der Waals surface area contributed by atoms with E-state index >= 15 is 0 Å². The summed E-state index contributed by atoms with van der Waals surface area (Å²) in [5, 5.41) is 0. The molecule has 0 fully saturated rings. The molecule has 0 saturated carbocycles. The van der Waals surface area contributed by atoms with E-state index in [2.05, 4.69) is 0 Å². The molecule has 4 N–H and O–H groups in total. The average molecular weight is 179 g/mol. The smallest absolute Gasteiger partial charge is 0.368 e. The maximum absolute atomic E-state index is 7.33. The first-order valence-corrected chi connectivity index (χ1v) is 2.68. The van der Waals surface area contributed by atoms with Crippen LogP contribution in [0.4, 0.5) is 0 Å². The van der Waals surface area contributed by atoms with Gasteiger partial charge in [0.15, 0.2) is 0 Å². The molecule has 0 aliphatic heterocycles. The van der Waals surface area contributed by atoms with Crippen LogP contribution in [0, 0.1) is 0 Å². The molecule has 0 unspecified atom stereocenters. The molecule has 51 valence electrons. The summed E-state index contributed by atoms with van der Waals surface area (Å²) in [6.45, 7) is 0. The van der Waals surface area contributed by atoms with Crippen LogP contribution in [0.1, 0.15) is 7.43 Å². The van der Waals surface area contributed by atoms with Crippen LogP contribution in [-0.2, 0) is 17.1 Å². The maximum Gasteiger partial charge on any atom is 0.668 e. The number of hydrogen-bond donors (Lipinski definition) is 4. The van der Waals surface area contributed by atoms with E-state index in [-0.39, 0.29) is 32.9 Å². The van der Waals surface area contributed by atoms with E-state index in [9.17, 15) is 0 Å². The van der Waals surface area contributed by atoms with Crippen LogP contribution in [-0.4, -0.2) is 36.6 Å². The van der Waals surface area contributed by atoms with Gasteiger partial charge in [-0.2, -0.15) is 0 Å². The Hall–Kier alpha value is 0.641. The van der Waals surface area contributed by atoms with Crippen molar-refractivity contribution in [3.05, 3.63) is 0 Å². The Labute approximate surface area is 61.7 Å². The summed E-state index contributed by atoms with van der Waals surface area (Å²) in [7, 11) is -4.61. The van der Waals surface area contributed by atoms with Gasteiger partial charge < -0.3 is 19.2 Å². The molecule has 0 rings (SSSR count). The van der Waals surface area contributed by atoms with Crippen molar-refractivity contribution in [3.63, 3.8) is 0 Å². The Kier molecular flexibility index (Phi) is 22.4. The molecule has 0 aliphatic rings. The van der Waals surface area contributed by atoms with Gasteiger partial charge in [0.05, 0.1) is 0 Å². The van der Waals surface area contributed by atoms with E-state index in [0.717, 1.165) is 0 Å². The minimum Gasteiger partial charge on any atom is -0.368 e. The van der Waals surface area contributed by atoms with Gasteiger partial charge in [-0.3, -0.25) is 0 Å². The fourth-order valence-corrected chi connectivity index (χ4v) is 0. The standard InChI is InChI=1S/CH4.B.Fe.H4O4Si/c;;;1-5(2,3)4/h1H4;;;1-4H. The SMILES string of the molecule is C.O[Si](O)(O)O.[B].[Fe]. The van der Waals surface area contributed by atoms with E-state index < -0.39 is 9.05 Å². The van der Waals surface area contributed by atoms with E-state index in [1.165, 1.54) is 0 Å². The molecule has 0 aromatic heterocycles. The molecule has 0 amide bonds. The third-order valence-corrected chi connectivity index (χ3v) is 0. The van der Waals surface area contributed by atoms with Crippen molar-refractivity contribution in [1.82, 2.24) is 0 Å². The molecule has 8 heavy (non-hydrogen) atoms. The van der Waals surface area contributed by atoms with Gasteiger partial charge in [0.1, 0.15) is 0 Å². The van der Waals surface area contributed by atoms with Gasteiger partial charge in [-0.1, -0.05) is 7.43 Å². The van der Waals surface area contributed by atoms with E-state index in [4.69, 9.17) is 19.2 Å². The Bertz CT molecular complexity index is 31.5. The van der Waals surface area contributed by atoms with Crippen LogP contribution in [0.3, 0.4) is 0 Å². The van der Waals surface area contributed by atoms with Crippen molar-refractivity contribution in [2.24, 2.45) is 0 Å². The van der Waals surface area contributed by atoms with Crippen LogP contribution >= 0.6 is 0 Å². The molecule has 0 aromatic carbocycles. The molecule has 0 aliphatic carbocycles. The number of hydrogen-bond acceptors (Lipinski definition) is 4. The third kappa shape index (κ3) is 514. The molecular weight excluding hydrogens is 171 g/mol. The van der Waals surface area contributed by atoms with Crippen molar-refractivity contribution < 1.29 is 36.3 Å². The summed E-state index contributed by atoms with van der Waals surface area (Å²) in [5.41, 5.74) is 0. The van der Waals surface area contributed by atoms with Gasteiger partial charge in [0.2, 0.25) is 0 Å². The molecule has 0 saturated heterocycles. The van der Waals surface area contributed by atoms with Crippen molar-refractivity contribution >= 4 is 17.5 Å². The molecule has 0 aromatic rings. The van der Waals surface area contributed by atoms with Crippen molar-refractivity contribution in [2.75, 3.05) is 0 Å². The summed E-state index contributed by atoms with van der Waals surface area (Å²) >= 11 is 0. The van der Waals surface area contributed by atoms with E-state index in [0.29, 0.717) is 0 Å². The Balaban J connectivity index is -0.0000000267. The van der Waals surface area contributed by atoms with Crippen LogP contribution in [0.25, 0.3) is 0 Å². The zero-order valence-corrected chi connectivity index (χ0v) is 5.32. The normalized spacial score (nSPS) is 7.50. The van der Waals surface area contributed by atoms with Gasteiger partial charge >= 0.3 is 9.05 Å². The van der Waals surface area contributed by atoms with E-state index in [1.807, 2.05) is 0 Å². The van der Waals surface area contributed by atoms with Crippen molar-refractivity contribution in [3.8, 4) is 0 Å². The predicted molar refractivity (Wildman–Crippen MR) is 27.1 cm³/mol. The van der Waals surface area contributed by atoms with E-state index in [1.54, 1.807) is 0 Å². The monoisotopic (exact) mass is 179 g/mol. The fourth-order valence-electron chi connectivity index (χ4n) is 0. The summed E-state index contributed by atoms with van der Waals surface area (Å²) in [4.78, 5) is 29.3. The van der Waals surface area contributed by atoms with Gasteiger partial charge in [-0.05, 0) is 0 Å². The minimum atomic E-state index is -4.61. The third-order valence-electron chi connectivity index (χ3n) is 0. The van der Waals surface area contributed by atoms with Gasteiger partial charge in [-0.25, -0.2) is 0 Å². The first kappa shape index (κ1) is 23.4. The first-order chi connectivity index (χ1) is 2.00. The molecule has 0 spiro atoms. The zero-order valence-electron chi connectivity index (χ0n) is 3.22. The first-order valence-electron chi connectivity index (χ1n) is 0.894. The summed E-state index contributed by atoms with van der Waals surface area (Å²) in [5.74, 6) is 0. The maximum atomic E-state index is 7.33. The Morgan fingerprint density at radius 2 is 0.875 bits per heavy atom. The molecule has 0 heterocycles. The molecule has 7 heteroatoms. The second kappa shape index (κ2) is 7.64. The predicted octanol–water partition coefficient (Wildman–Crippen LogP) is -2.36. The molecule has 3 radical (unpaired) electrons. The van der Waals surface area contributed by atoms with Gasteiger partial charge in [-0.15, -0.1) is 0 Å². The Morgan fingerprint density at radius 3 is 0.875 bits per heavy atom. The molecule has 4 nitrogen and oxygen atoms in total. The second-order valence-electron chi connectivity index (χ2n) is 0.600. The summed E-state index contributed by atoms with van der Waals surface area (Å²) in [6, 6.07) is 0. The Morgan fingerprint density at radius 1 is 0.875 bits per heavy atom. The van der Waals surface area contributed by atoms with Gasteiger partial charge in [0.25, 0.3) is 0 Å². The van der Waals surface area contributed by atoms with Crippen molar-refractivity contribution in [2.45, 2.75) is 7.43 Å². The molecule has 0 atom stereocenters. The molecular formula is CH8BFeO4Si. The largest absolute Gasteiger partial charge is 0.668 e. The average Bonchev–Trinajstić information content (AvgIpc) is 0.722. The van der Waals surface area contributed by atoms with Crippen LogP contribution in [0.2, 0.25) is 0 Å². The van der Waals surface area contributed by atoms with Crippen LogP contribution in [0.15, 0.2) is 0 Å². The summed E-state index contributed by atoms with van der Waals surface area (Å²) in [6.07, 6.45) is 0. The quantitative estimate of drug-likeness (QED) is 0.313. The van der Waals surface area contributed by atoms with Gasteiger partial charge in [0, 0.05) is 25.5 Å².